The number of hydrogen-bond donors (Lipinski definition) is 0. The molecule has 0 bridgehead atoms. The molecule has 0 nitrogen and oxygen atoms in total. The molecule has 0 heterocycles. The highest BCUT2D eigenvalue weighted by Gasteiger charge is 2.35. The Kier molecular flexibility index (Phi) is 10.7. The maximum atomic E-state index is 3.86. The lowest BCUT2D eigenvalue weighted by Crippen LogP contribution is -2.31. The first-order valence-electron chi connectivity index (χ1n) is 8.40. The molecule has 0 aromatic rings. The summed E-state index contributed by atoms with van der Waals surface area (Å²) < 4.78 is 1.37. The first kappa shape index (κ1) is 20.0. The molecule has 0 aliphatic carbocycles. The number of unbranched alkanes of at least 4 members (excludes halogenated alkanes) is 4. The molecule has 2 heteroatoms. The normalized spacial score (nSPS) is 13.5. The summed E-state index contributed by atoms with van der Waals surface area (Å²) in [5.41, 5.74) is 0. The minimum atomic E-state index is 0.282. The summed E-state index contributed by atoms with van der Waals surface area (Å²) in [5.74, 6) is 3.10. The second-order valence-electron chi connectivity index (χ2n) is 6.76. The van der Waals surface area contributed by atoms with E-state index >= 15 is 0 Å². The van der Waals surface area contributed by atoms with Crippen LogP contribution in [0, 0.1) is 5.92 Å². The molecule has 116 valence electrons. The van der Waals surface area contributed by atoms with Crippen molar-refractivity contribution in [2.75, 3.05) is 0 Å². The van der Waals surface area contributed by atoms with Crippen molar-refractivity contribution in [3.05, 3.63) is 22.5 Å². The summed E-state index contributed by atoms with van der Waals surface area (Å²) in [6.07, 6.45) is 12.3. The summed E-state index contributed by atoms with van der Waals surface area (Å²) in [6, 6.07) is 0. The van der Waals surface area contributed by atoms with Crippen LogP contribution in [0.5, 0.6) is 0 Å². The second kappa shape index (κ2) is 10.7. The predicted molar refractivity (Wildman–Crippen MR) is 99.8 cm³/mol. The van der Waals surface area contributed by atoms with Gasteiger partial charge in [0.05, 0.1) is 0 Å². The molecule has 0 fully saturated rings. The average Bonchev–Trinajstić information content (AvgIpc) is 2.38. The number of halogens is 1. The molecule has 0 unspecified atom stereocenters. The lowest BCUT2D eigenvalue weighted by Gasteiger charge is -2.34. The van der Waals surface area contributed by atoms with Crippen LogP contribution >= 0.6 is 15.9 Å². The molecule has 0 saturated heterocycles. The van der Waals surface area contributed by atoms with E-state index in [1.54, 1.807) is 0 Å². The van der Waals surface area contributed by atoms with Crippen LogP contribution in [0.15, 0.2) is 22.5 Å². The summed E-state index contributed by atoms with van der Waals surface area (Å²) >= 11 is 3.86. The molecule has 0 N–H and O–H groups in total. The van der Waals surface area contributed by atoms with Crippen molar-refractivity contribution >= 4 is 22.6 Å². The first-order valence-corrected chi connectivity index (χ1v) is 9.19. The molecule has 20 heavy (non-hydrogen) atoms. The van der Waals surface area contributed by atoms with Crippen molar-refractivity contribution in [2.24, 2.45) is 5.92 Å². The third-order valence-corrected chi connectivity index (χ3v) is 5.35. The van der Waals surface area contributed by atoms with Crippen LogP contribution in [0.4, 0.5) is 0 Å². The fraction of sp³-hybridized carbons (Fsp3) is 0.778. The van der Waals surface area contributed by atoms with E-state index in [4.69, 9.17) is 0 Å². The Morgan fingerprint density at radius 1 is 1.10 bits per heavy atom. The SMILES string of the molecule is CCCC/C=C(\Br)B(/C=C/CCCC)C(C)(C)C(C)C. The Morgan fingerprint density at radius 2 is 1.65 bits per heavy atom. The zero-order valence-electron chi connectivity index (χ0n) is 14.5. The second-order valence-corrected chi connectivity index (χ2v) is 7.67. The van der Waals surface area contributed by atoms with Gasteiger partial charge in [0.1, 0.15) is 0 Å². The zero-order chi connectivity index (χ0) is 15.6. The smallest absolute Gasteiger partial charge is 0.113 e. The Morgan fingerprint density at radius 3 is 2.15 bits per heavy atom. The van der Waals surface area contributed by atoms with E-state index in [9.17, 15) is 0 Å². The highest BCUT2D eigenvalue weighted by atomic mass is 79.9. The highest BCUT2D eigenvalue weighted by Crippen LogP contribution is 2.42. The molecule has 0 spiro atoms. The minimum absolute atomic E-state index is 0.282. The molecule has 0 radical (unpaired) electrons. The van der Waals surface area contributed by atoms with Crippen LogP contribution < -0.4 is 0 Å². The van der Waals surface area contributed by atoms with Crippen molar-refractivity contribution in [3.8, 4) is 0 Å². The van der Waals surface area contributed by atoms with E-state index < -0.39 is 0 Å². The third kappa shape index (κ3) is 7.15. The van der Waals surface area contributed by atoms with E-state index in [0.29, 0.717) is 12.6 Å². The van der Waals surface area contributed by atoms with Crippen molar-refractivity contribution in [3.63, 3.8) is 0 Å². The van der Waals surface area contributed by atoms with Gasteiger partial charge >= 0.3 is 0 Å². The van der Waals surface area contributed by atoms with Gasteiger partial charge in [0.15, 0.2) is 0 Å². The van der Waals surface area contributed by atoms with Crippen LogP contribution in [0.2, 0.25) is 5.31 Å². The molecule has 0 aromatic heterocycles. The molecular formula is C18H34BBr. The summed E-state index contributed by atoms with van der Waals surface area (Å²) in [7, 11) is 0. The van der Waals surface area contributed by atoms with Crippen LogP contribution in [-0.2, 0) is 0 Å². The van der Waals surface area contributed by atoms with Gasteiger partial charge in [-0.15, -0.1) is 5.98 Å². The maximum Gasteiger partial charge on any atom is 0.215 e. The molecule has 0 rings (SSSR count). The molecule has 0 atom stereocenters. The highest BCUT2D eigenvalue weighted by molar-refractivity contribution is 9.12. The van der Waals surface area contributed by atoms with Gasteiger partial charge in [-0.05, 0) is 28.5 Å². The predicted octanol–water partition coefficient (Wildman–Crippen LogP) is 7.21. The van der Waals surface area contributed by atoms with Gasteiger partial charge in [-0.1, -0.05) is 95.3 Å². The Bertz CT molecular complexity index is 303. The van der Waals surface area contributed by atoms with Gasteiger partial charge in [0.2, 0.25) is 6.71 Å². The minimum Gasteiger partial charge on any atom is -0.113 e. The van der Waals surface area contributed by atoms with Gasteiger partial charge in [-0.3, -0.25) is 0 Å². The van der Waals surface area contributed by atoms with Gasteiger partial charge in [0.25, 0.3) is 0 Å². The van der Waals surface area contributed by atoms with Crippen molar-refractivity contribution in [1.29, 1.82) is 0 Å². The standard InChI is InChI=1S/C18H34BBr/c1-7-9-11-13-15-19(18(5,6)16(3)4)17(20)14-12-10-8-2/h13-16H,7-12H2,1-6H3/b15-13+,17-14-. The first-order chi connectivity index (χ1) is 9.37. The zero-order valence-corrected chi connectivity index (χ0v) is 16.1. The van der Waals surface area contributed by atoms with E-state index in [1.807, 2.05) is 0 Å². The molecule has 0 amide bonds. The lowest BCUT2D eigenvalue weighted by atomic mass is 9.31. The Labute approximate surface area is 136 Å². The largest absolute Gasteiger partial charge is 0.215 e. The Balaban J connectivity index is 4.96. The molecule has 0 aliphatic heterocycles. The van der Waals surface area contributed by atoms with Gasteiger partial charge in [-0.25, -0.2) is 0 Å². The fourth-order valence-corrected chi connectivity index (χ4v) is 3.15. The monoisotopic (exact) mass is 340 g/mol. The fourth-order valence-electron chi connectivity index (χ4n) is 2.18. The molecule has 0 aliphatic rings. The van der Waals surface area contributed by atoms with E-state index in [1.165, 1.54) is 42.9 Å². The topological polar surface area (TPSA) is 0 Å². The molecule has 0 saturated carbocycles. The number of hydrogen-bond acceptors (Lipinski definition) is 0. The summed E-state index contributed by atoms with van der Waals surface area (Å²) in [4.78, 5) is 0. The van der Waals surface area contributed by atoms with E-state index in [0.717, 1.165) is 0 Å². The number of allylic oxidation sites excluding steroid dienone is 2. The molecular weight excluding hydrogens is 307 g/mol. The van der Waals surface area contributed by atoms with E-state index in [-0.39, 0.29) is 5.31 Å². The third-order valence-electron chi connectivity index (χ3n) is 4.54. The average molecular weight is 341 g/mol. The maximum absolute atomic E-state index is 3.86. The van der Waals surface area contributed by atoms with Crippen molar-refractivity contribution in [2.45, 2.75) is 85.4 Å². The van der Waals surface area contributed by atoms with Crippen molar-refractivity contribution < 1.29 is 0 Å². The quantitative estimate of drug-likeness (QED) is 0.291. The van der Waals surface area contributed by atoms with Crippen LogP contribution in [0.1, 0.15) is 80.1 Å². The van der Waals surface area contributed by atoms with Crippen molar-refractivity contribution in [1.82, 2.24) is 0 Å². The van der Waals surface area contributed by atoms with Gasteiger partial charge < -0.3 is 0 Å². The van der Waals surface area contributed by atoms with Crippen LogP contribution in [0.25, 0.3) is 0 Å². The lowest BCUT2D eigenvalue weighted by molar-refractivity contribution is 0.471. The Hall–Kier alpha value is 0.0249. The van der Waals surface area contributed by atoms with Crippen LogP contribution in [0.3, 0.4) is 0 Å². The molecule has 0 aromatic carbocycles. The summed E-state index contributed by atoms with van der Waals surface area (Å²) in [5, 5.41) is 0.282. The van der Waals surface area contributed by atoms with E-state index in [2.05, 4.69) is 75.6 Å². The van der Waals surface area contributed by atoms with Crippen LogP contribution in [-0.4, -0.2) is 6.71 Å². The number of rotatable bonds is 10. The van der Waals surface area contributed by atoms with Gasteiger partial charge in [-0.2, -0.15) is 0 Å². The van der Waals surface area contributed by atoms with Gasteiger partial charge in [0, 0.05) is 0 Å². The summed E-state index contributed by atoms with van der Waals surface area (Å²) in [6.45, 7) is 14.4.